The number of carbonyl (C=O) groups excluding carboxylic acids is 1. The lowest BCUT2D eigenvalue weighted by atomic mass is 9.65. The van der Waals surface area contributed by atoms with Crippen LogP contribution in [0.1, 0.15) is 88.5 Å². The summed E-state index contributed by atoms with van der Waals surface area (Å²) >= 11 is 0. The van der Waals surface area contributed by atoms with Crippen molar-refractivity contribution in [2.45, 2.75) is 91.6 Å². The van der Waals surface area contributed by atoms with E-state index >= 15 is 0 Å². The van der Waals surface area contributed by atoms with Gasteiger partial charge in [-0.15, -0.1) is 0 Å². The second kappa shape index (κ2) is 12.4. The highest BCUT2D eigenvalue weighted by molar-refractivity contribution is 5.73. The molecule has 1 aliphatic carbocycles. The van der Waals surface area contributed by atoms with Gasteiger partial charge < -0.3 is 19.9 Å². The number of ether oxygens (including phenoxy) is 2. The molecule has 2 N–H and O–H groups in total. The van der Waals surface area contributed by atoms with Gasteiger partial charge in [0.05, 0.1) is 18.8 Å². The van der Waals surface area contributed by atoms with Crippen molar-refractivity contribution < 1.29 is 19.4 Å². The molecular weight excluding hydrogens is 548 g/mol. The summed E-state index contributed by atoms with van der Waals surface area (Å²) < 4.78 is 13.6. The molecule has 1 amide bonds. The van der Waals surface area contributed by atoms with Gasteiger partial charge in [0.25, 0.3) is 0 Å². The van der Waals surface area contributed by atoms with Gasteiger partial charge >= 0.3 is 0 Å². The van der Waals surface area contributed by atoms with E-state index in [1.807, 2.05) is 24.3 Å². The summed E-state index contributed by atoms with van der Waals surface area (Å²) in [5, 5.41) is 12.5. The van der Waals surface area contributed by atoms with Crippen molar-refractivity contribution in [1.82, 2.24) is 10.2 Å². The van der Waals surface area contributed by atoms with Crippen LogP contribution < -0.4 is 5.32 Å². The maximum atomic E-state index is 11.4. The lowest BCUT2D eigenvalue weighted by Gasteiger charge is -2.43. The van der Waals surface area contributed by atoms with Crippen molar-refractivity contribution in [3.05, 3.63) is 95.1 Å². The highest BCUT2D eigenvalue weighted by atomic mass is 16.7. The number of fused-ring (bicyclic) bond motifs is 2. The molecule has 3 fully saturated rings. The molecule has 2 bridgehead atoms. The molecule has 3 aromatic carbocycles. The number of likely N-dealkylation sites (tertiary alicyclic amines) is 1. The fraction of sp³-hybridized carbons (Fsp3) is 0.500. The summed E-state index contributed by atoms with van der Waals surface area (Å²) in [6.45, 7) is 13.7. The zero-order valence-electron chi connectivity index (χ0n) is 26.9. The van der Waals surface area contributed by atoms with E-state index in [4.69, 9.17) is 9.47 Å². The Bertz CT molecular complexity index is 1450. The van der Waals surface area contributed by atoms with Crippen molar-refractivity contribution in [2.75, 3.05) is 13.1 Å². The van der Waals surface area contributed by atoms with E-state index in [0.29, 0.717) is 23.4 Å². The number of aliphatic hydroxyl groups is 1. The van der Waals surface area contributed by atoms with Crippen LogP contribution >= 0.6 is 0 Å². The molecule has 6 unspecified atom stereocenters. The molecule has 6 atom stereocenters. The number of carbonyl (C=O) groups is 1. The van der Waals surface area contributed by atoms with Crippen LogP contribution in [0.2, 0.25) is 0 Å². The first-order valence-corrected chi connectivity index (χ1v) is 16.2. The second-order valence-corrected chi connectivity index (χ2v) is 14.7. The van der Waals surface area contributed by atoms with E-state index in [-0.39, 0.29) is 30.6 Å². The molecule has 0 spiro atoms. The van der Waals surface area contributed by atoms with Crippen LogP contribution in [-0.4, -0.2) is 41.1 Å². The predicted octanol–water partition coefficient (Wildman–Crippen LogP) is 7.17. The summed E-state index contributed by atoms with van der Waals surface area (Å²) in [4.78, 5) is 14.1. The quantitative estimate of drug-likeness (QED) is 0.288. The molecule has 6 rings (SSSR count). The van der Waals surface area contributed by atoms with Gasteiger partial charge in [-0.3, -0.25) is 9.69 Å². The standard InChI is InChI=1S/C38H48N2O4/c1-25-34(21-40-24-38(5)19-33(40)18-37(3,4)23-38)43-36(44-35(25)30-11-9-27(22-41)10-12-30)31-15-13-29(14-16-31)32-8-6-7-28(17-32)20-39-26(2)42/h6-17,25,33-36,41H,18-24H2,1-5H3,(H,39,42). The van der Waals surface area contributed by atoms with Gasteiger partial charge in [-0.25, -0.2) is 0 Å². The zero-order valence-corrected chi connectivity index (χ0v) is 26.9. The molecule has 6 nitrogen and oxygen atoms in total. The third-order valence-corrected chi connectivity index (χ3v) is 10.0. The van der Waals surface area contributed by atoms with Crippen LogP contribution in [0.25, 0.3) is 11.1 Å². The average Bonchev–Trinajstić information content (AvgIpc) is 3.24. The molecule has 2 heterocycles. The van der Waals surface area contributed by atoms with E-state index < -0.39 is 6.29 Å². The van der Waals surface area contributed by atoms with Crippen molar-refractivity contribution in [3.63, 3.8) is 0 Å². The largest absolute Gasteiger partial charge is 0.392 e. The van der Waals surface area contributed by atoms with E-state index in [1.165, 1.54) is 26.2 Å². The Morgan fingerprint density at radius 3 is 2.36 bits per heavy atom. The number of aliphatic hydroxyl groups excluding tert-OH is 1. The number of amides is 1. The Morgan fingerprint density at radius 1 is 0.932 bits per heavy atom. The van der Waals surface area contributed by atoms with Gasteiger partial charge in [-0.2, -0.15) is 0 Å². The van der Waals surface area contributed by atoms with E-state index in [9.17, 15) is 9.90 Å². The maximum absolute atomic E-state index is 11.4. The van der Waals surface area contributed by atoms with Crippen LogP contribution in [-0.2, 0) is 27.4 Å². The molecule has 2 aliphatic heterocycles. The topological polar surface area (TPSA) is 71.0 Å². The van der Waals surface area contributed by atoms with Gasteiger partial charge in [0.2, 0.25) is 5.91 Å². The highest BCUT2D eigenvalue weighted by Crippen LogP contribution is 2.53. The number of hydrogen-bond acceptors (Lipinski definition) is 5. The van der Waals surface area contributed by atoms with Gasteiger partial charge in [0, 0.05) is 44.1 Å². The predicted molar refractivity (Wildman–Crippen MR) is 173 cm³/mol. The number of nitrogens with zero attached hydrogens (tertiary/aromatic N) is 1. The molecule has 44 heavy (non-hydrogen) atoms. The molecule has 3 aromatic rings. The summed E-state index contributed by atoms with van der Waals surface area (Å²) in [6.07, 6.45) is 3.22. The number of nitrogens with one attached hydrogen (secondary N) is 1. The SMILES string of the molecule is CC(=O)NCc1cccc(-c2ccc(C3OC(CN4CC5(C)CC4CC(C)(C)C5)C(C)C(c4ccc(CO)cc4)O3)cc2)c1. The van der Waals surface area contributed by atoms with Crippen LogP contribution in [0.4, 0.5) is 0 Å². The summed E-state index contributed by atoms with van der Waals surface area (Å²) in [6, 6.07) is 25.5. The zero-order chi connectivity index (χ0) is 31.1. The Labute approximate surface area is 262 Å². The molecule has 234 valence electrons. The summed E-state index contributed by atoms with van der Waals surface area (Å²) in [5.74, 6) is 0.131. The number of rotatable bonds is 8. The second-order valence-electron chi connectivity index (χ2n) is 14.7. The normalized spacial score (nSPS) is 29.8. The Hall–Kier alpha value is -3.03. The third kappa shape index (κ3) is 6.79. The first-order chi connectivity index (χ1) is 21.0. The molecular formula is C38H48N2O4. The van der Waals surface area contributed by atoms with E-state index in [2.05, 4.69) is 86.4 Å². The van der Waals surface area contributed by atoms with Crippen LogP contribution in [0.5, 0.6) is 0 Å². The van der Waals surface area contributed by atoms with Gasteiger partial charge in [-0.05, 0) is 64.0 Å². The first-order valence-electron chi connectivity index (χ1n) is 16.2. The fourth-order valence-corrected chi connectivity index (χ4v) is 8.27. The fourth-order valence-electron chi connectivity index (χ4n) is 8.27. The van der Waals surface area contributed by atoms with Crippen molar-refractivity contribution in [2.24, 2.45) is 16.7 Å². The van der Waals surface area contributed by atoms with Gasteiger partial charge in [-0.1, -0.05) is 94.4 Å². The smallest absolute Gasteiger partial charge is 0.217 e. The Kier molecular flexibility index (Phi) is 8.73. The Balaban J connectivity index is 1.24. The van der Waals surface area contributed by atoms with E-state index in [1.54, 1.807) is 0 Å². The van der Waals surface area contributed by atoms with Crippen LogP contribution in [0.15, 0.2) is 72.8 Å². The maximum Gasteiger partial charge on any atom is 0.217 e. The van der Waals surface area contributed by atoms with Crippen LogP contribution in [0.3, 0.4) is 0 Å². The number of hydrogen-bond donors (Lipinski definition) is 2. The van der Waals surface area contributed by atoms with Crippen molar-refractivity contribution in [1.29, 1.82) is 0 Å². The van der Waals surface area contributed by atoms with Gasteiger partial charge in [0.15, 0.2) is 6.29 Å². The van der Waals surface area contributed by atoms with E-state index in [0.717, 1.165) is 46.5 Å². The van der Waals surface area contributed by atoms with Crippen molar-refractivity contribution in [3.8, 4) is 11.1 Å². The third-order valence-electron chi connectivity index (χ3n) is 10.0. The molecule has 0 radical (unpaired) electrons. The number of benzene rings is 3. The van der Waals surface area contributed by atoms with Crippen molar-refractivity contribution >= 4 is 5.91 Å². The van der Waals surface area contributed by atoms with Crippen LogP contribution in [0, 0.1) is 16.7 Å². The minimum absolute atomic E-state index is 0.0208. The molecule has 2 saturated heterocycles. The molecule has 3 aliphatic rings. The monoisotopic (exact) mass is 596 g/mol. The first kappa shape index (κ1) is 31.0. The average molecular weight is 597 g/mol. The minimum atomic E-state index is -0.479. The molecule has 1 saturated carbocycles. The molecule has 0 aromatic heterocycles. The summed E-state index contributed by atoms with van der Waals surface area (Å²) in [7, 11) is 0. The Morgan fingerprint density at radius 2 is 1.66 bits per heavy atom. The minimum Gasteiger partial charge on any atom is -0.392 e. The highest BCUT2D eigenvalue weighted by Gasteiger charge is 2.51. The summed E-state index contributed by atoms with van der Waals surface area (Å²) in [5.41, 5.74) is 7.05. The lowest BCUT2D eigenvalue weighted by Crippen LogP contribution is -2.46. The van der Waals surface area contributed by atoms with Gasteiger partial charge in [0.1, 0.15) is 0 Å². The lowest BCUT2D eigenvalue weighted by molar-refractivity contribution is -0.276. The molecule has 6 heteroatoms.